The Morgan fingerprint density at radius 2 is 1.90 bits per heavy atom. The lowest BCUT2D eigenvalue weighted by Gasteiger charge is -2.14. The number of amides is 1. The number of nitrogens with one attached hydrogen (secondary N) is 2. The molecule has 0 aliphatic carbocycles. The van der Waals surface area contributed by atoms with Gasteiger partial charge in [-0.1, -0.05) is 25.5 Å². The highest BCUT2D eigenvalue weighted by atomic mass is 32.2. The van der Waals surface area contributed by atoms with Gasteiger partial charge in [0.05, 0.1) is 11.5 Å². The minimum absolute atomic E-state index is 0.0125. The minimum atomic E-state index is -3.94. The molecule has 0 saturated heterocycles. The lowest BCUT2D eigenvalue weighted by atomic mass is 10.1. The van der Waals surface area contributed by atoms with Crippen LogP contribution in [0.25, 0.3) is 0 Å². The summed E-state index contributed by atoms with van der Waals surface area (Å²) in [6, 6.07) is 4.80. The molecule has 0 heterocycles. The quantitative estimate of drug-likeness (QED) is 0.411. The highest BCUT2D eigenvalue weighted by molar-refractivity contribution is 7.89. The Labute approximate surface area is 117 Å². The van der Waals surface area contributed by atoms with E-state index in [4.69, 9.17) is 10.3 Å². The summed E-state index contributed by atoms with van der Waals surface area (Å²) >= 11 is 0. The van der Waals surface area contributed by atoms with Crippen LogP contribution in [0.2, 0.25) is 0 Å². The molecule has 0 bridgehead atoms. The number of hydrogen-bond acceptors (Lipinski definition) is 5. The van der Waals surface area contributed by atoms with Gasteiger partial charge in [0.25, 0.3) is 5.91 Å². The summed E-state index contributed by atoms with van der Waals surface area (Å²) in [6.45, 7) is 1.26. The zero-order valence-electron chi connectivity index (χ0n) is 11.0. The van der Waals surface area contributed by atoms with Crippen LogP contribution in [0.4, 0.5) is 0 Å². The second kappa shape index (κ2) is 7.34. The fraction of sp³-hybridized carbons (Fsp3) is 0.417. The van der Waals surface area contributed by atoms with Gasteiger partial charge in [-0.15, -0.1) is 0 Å². The molecule has 4 N–H and O–H groups in total. The van der Waals surface area contributed by atoms with Crippen LogP contribution in [0, 0.1) is 0 Å². The standard InChI is InChI=1S/C12H18N2O5S/c1-2-3-9-4-6-10(7-5-9)20(18,19)14-11(8-15)12(16)13-17/h4-7,11,14-15,17H,2-3,8H2,1H3,(H,13,16)/t11-/m0/s1. The normalized spacial score (nSPS) is 12.9. The first-order valence-corrected chi connectivity index (χ1v) is 7.59. The van der Waals surface area contributed by atoms with E-state index in [1.165, 1.54) is 17.6 Å². The third kappa shape index (κ3) is 4.27. The molecule has 0 radical (unpaired) electrons. The Balaban J connectivity index is 2.90. The van der Waals surface area contributed by atoms with E-state index >= 15 is 0 Å². The third-order valence-electron chi connectivity index (χ3n) is 2.68. The molecule has 7 nitrogen and oxygen atoms in total. The maximum Gasteiger partial charge on any atom is 0.263 e. The fourth-order valence-corrected chi connectivity index (χ4v) is 2.82. The number of aliphatic hydroxyl groups excluding tert-OH is 1. The first kappa shape index (κ1) is 16.6. The second-order valence-electron chi connectivity index (χ2n) is 4.23. The van der Waals surface area contributed by atoms with E-state index < -0.39 is 28.6 Å². The molecule has 0 fully saturated rings. The maximum absolute atomic E-state index is 12.0. The Morgan fingerprint density at radius 1 is 1.30 bits per heavy atom. The molecule has 1 atom stereocenters. The van der Waals surface area contributed by atoms with E-state index in [9.17, 15) is 13.2 Å². The topological polar surface area (TPSA) is 116 Å². The molecule has 1 aromatic rings. The number of benzene rings is 1. The third-order valence-corrected chi connectivity index (χ3v) is 4.17. The van der Waals surface area contributed by atoms with Crippen LogP contribution in [0.3, 0.4) is 0 Å². The van der Waals surface area contributed by atoms with Crippen molar-refractivity contribution >= 4 is 15.9 Å². The fourth-order valence-electron chi connectivity index (χ4n) is 1.63. The lowest BCUT2D eigenvalue weighted by Crippen LogP contribution is -2.47. The van der Waals surface area contributed by atoms with Gasteiger partial charge < -0.3 is 5.11 Å². The monoisotopic (exact) mass is 302 g/mol. The van der Waals surface area contributed by atoms with Crippen molar-refractivity contribution < 1.29 is 23.5 Å². The highest BCUT2D eigenvalue weighted by Crippen LogP contribution is 2.12. The van der Waals surface area contributed by atoms with Crippen molar-refractivity contribution in [1.29, 1.82) is 0 Å². The predicted molar refractivity (Wildman–Crippen MR) is 71.6 cm³/mol. The van der Waals surface area contributed by atoms with Gasteiger partial charge in [-0.3, -0.25) is 10.0 Å². The molecule has 8 heteroatoms. The number of carbonyl (C=O) groups excluding carboxylic acids is 1. The van der Waals surface area contributed by atoms with Crippen LogP contribution >= 0.6 is 0 Å². The summed E-state index contributed by atoms with van der Waals surface area (Å²) in [5, 5.41) is 17.4. The largest absolute Gasteiger partial charge is 0.394 e. The molecule has 0 unspecified atom stereocenters. The number of sulfonamides is 1. The van der Waals surface area contributed by atoms with E-state index in [-0.39, 0.29) is 4.90 Å². The SMILES string of the molecule is CCCc1ccc(S(=O)(=O)N[C@@H](CO)C(=O)NO)cc1. The van der Waals surface area contributed by atoms with Crippen molar-refractivity contribution in [3.05, 3.63) is 29.8 Å². The van der Waals surface area contributed by atoms with Gasteiger partial charge in [0.1, 0.15) is 6.04 Å². The minimum Gasteiger partial charge on any atom is -0.394 e. The van der Waals surface area contributed by atoms with Crippen molar-refractivity contribution in [1.82, 2.24) is 10.2 Å². The van der Waals surface area contributed by atoms with Crippen LogP contribution < -0.4 is 10.2 Å². The van der Waals surface area contributed by atoms with Crippen molar-refractivity contribution in [3.8, 4) is 0 Å². The Morgan fingerprint density at radius 3 is 2.35 bits per heavy atom. The average Bonchev–Trinajstić information content (AvgIpc) is 2.45. The maximum atomic E-state index is 12.0. The lowest BCUT2D eigenvalue weighted by molar-refractivity contribution is -0.131. The first-order valence-electron chi connectivity index (χ1n) is 6.10. The predicted octanol–water partition coefficient (Wildman–Crippen LogP) is -0.216. The van der Waals surface area contributed by atoms with E-state index in [0.29, 0.717) is 0 Å². The molecule has 1 aromatic carbocycles. The Hall–Kier alpha value is -1.48. The van der Waals surface area contributed by atoms with Crippen LogP contribution in [-0.2, 0) is 21.2 Å². The molecule has 0 spiro atoms. The van der Waals surface area contributed by atoms with Gasteiger partial charge in [-0.05, 0) is 24.1 Å². The molecule has 112 valence electrons. The molecule has 0 aliphatic rings. The number of hydroxylamine groups is 1. The summed E-state index contributed by atoms with van der Waals surface area (Å²) in [4.78, 5) is 11.1. The average molecular weight is 302 g/mol. The smallest absolute Gasteiger partial charge is 0.263 e. The van der Waals surface area contributed by atoms with Crippen molar-refractivity contribution in [3.63, 3.8) is 0 Å². The van der Waals surface area contributed by atoms with Gasteiger partial charge in [0.2, 0.25) is 10.0 Å². The molecule has 1 amide bonds. The summed E-state index contributed by atoms with van der Waals surface area (Å²) in [6.07, 6.45) is 1.80. The van der Waals surface area contributed by atoms with Crippen LogP contribution in [0.5, 0.6) is 0 Å². The zero-order chi connectivity index (χ0) is 15.2. The van der Waals surface area contributed by atoms with Gasteiger partial charge in [0, 0.05) is 0 Å². The summed E-state index contributed by atoms with van der Waals surface area (Å²) < 4.78 is 26.0. The van der Waals surface area contributed by atoms with Gasteiger partial charge in [-0.2, -0.15) is 4.72 Å². The number of aliphatic hydroxyl groups is 1. The van der Waals surface area contributed by atoms with Crippen molar-refractivity contribution in [2.24, 2.45) is 0 Å². The first-order chi connectivity index (χ1) is 9.44. The second-order valence-corrected chi connectivity index (χ2v) is 5.94. The van der Waals surface area contributed by atoms with Crippen molar-refractivity contribution in [2.45, 2.75) is 30.7 Å². The summed E-state index contributed by atoms with van der Waals surface area (Å²) in [5.41, 5.74) is 2.30. The molecule has 1 rings (SSSR count). The number of hydrogen-bond donors (Lipinski definition) is 4. The van der Waals surface area contributed by atoms with Crippen LogP contribution in [0.1, 0.15) is 18.9 Å². The molecular formula is C12H18N2O5S. The van der Waals surface area contributed by atoms with Gasteiger partial charge in [-0.25, -0.2) is 13.9 Å². The Kier molecular flexibility index (Phi) is 6.08. The number of aryl methyl sites for hydroxylation is 1. The zero-order valence-corrected chi connectivity index (χ0v) is 11.9. The van der Waals surface area contributed by atoms with Crippen LogP contribution in [0.15, 0.2) is 29.2 Å². The van der Waals surface area contributed by atoms with Crippen molar-refractivity contribution in [2.75, 3.05) is 6.61 Å². The van der Waals surface area contributed by atoms with E-state index in [2.05, 4.69) is 0 Å². The van der Waals surface area contributed by atoms with E-state index in [1.54, 1.807) is 12.1 Å². The van der Waals surface area contributed by atoms with Gasteiger partial charge >= 0.3 is 0 Å². The Bertz CT molecular complexity index is 541. The molecule has 0 aromatic heterocycles. The summed E-state index contributed by atoms with van der Waals surface area (Å²) in [5.74, 6) is -1.03. The summed E-state index contributed by atoms with van der Waals surface area (Å²) in [7, 11) is -3.94. The van der Waals surface area contributed by atoms with E-state index in [0.717, 1.165) is 18.4 Å². The number of carbonyl (C=O) groups is 1. The molecular weight excluding hydrogens is 284 g/mol. The molecule has 20 heavy (non-hydrogen) atoms. The number of rotatable bonds is 7. The van der Waals surface area contributed by atoms with Gasteiger partial charge in [0.15, 0.2) is 0 Å². The van der Waals surface area contributed by atoms with Crippen LogP contribution in [-0.4, -0.2) is 37.3 Å². The molecule has 0 saturated carbocycles. The molecule has 0 aliphatic heterocycles. The highest BCUT2D eigenvalue weighted by Gasteiger charge is 2.24. The van der Waals surface area contributed by atoms with E-state index in [1.807, 2.05) is 11.6 Å².